The van der Waals surface area contributed by atoms with Crippen molar-refractivity contribution in [2.75, 3.05) is 32.0 Å². The molecule has 1 amide bonds. The maximum Gasteiger partial charge on any atom is 0.270 e. The smallest absolute Gasteiger partial charge is 0.270 e. The Morgan fingerprint density at radius 3 is 2.62 bits per heavy atom. The minimum Gasteiger partial charge on any atom is -0.382 e. The Labute approximate surface area is 154 Å². The third kappa shape index (κ3) is 3.26. The van der Waals surface area contributed by atoms with Crippen LogP contribution in [0.3, 0.4) is 0 Å². The van der Waals surface area contributed by atoms with Gasteiger partial charge in [-0.2, -0.15) is 0 Å². The van der Waals surface area contributed by atoms with Gasteiger partial charge in [-0.1, -0.05) is 24.3 Å². The van der Waals surface area contributed by atoms with Crippen molar-refractivity contribution in [3.8, 4) is 10.4 Å². The Bertz CT molecular complexity index is 948. The molecule has 0 spiro atoms. The van der Waals surface area contributed by atoms with Crippen LogP contribution in [-0.4, -0.2) is 47.3 Å². The van der Waals surface area contributed by atoms with Crippen LogP contribution in [0.25, 0.3) is 20.5 Å². The first kappa shape index (κ1) is 16.9. The van der Waals surface area contributed by atoms with E-state index in [-0.39, 0.29) is 5.69 Å². The number of nitrogens with zero attached hydrogens (tertiary/aromatic N) is 3. The van der Waals surface area contributed by atoms with E-state index in [0.29, 0.717) is 15.9 Å². The van der Waals surface area contributed by atoms with Gasteiger partial charge in [0.05, 0.1) is 17.9 Å². The summed E-state index contributed by atoms with van der Waals surface area (Å²) in [7, 11) is 0. The molecule has 1 aliphatic heterocycles. The van der Waals surface area contributed by atoms with E-state index in [9.17, 15) is 4.79 Å². The van der Waals surface area contributed by atoms with Gasteiger partial charge in [-0.3, -0.25) is 9.69 Å². The quantitative estimate of drug-likeness (QED) is 0.727. The van der Waals surface area contributed by atoms with Gasteiger partial charge in [-0.25, -0.2) is 0 Å². The molecule has 0 radical (unpaired) electrons. The molecule has 0 atom stereocenters. The Morgan fingerprint density at radius 1 is 1.19 bits per heavy atom. The van der Waals surface area contributed by atoms with Crippen molar-refractivity contribution in [3.05, 3.63) is 41.6 Å². The molecule has 0 saturated carbocycles. The topological polar surface area (TPSA) is 107 Å². The van der Waals surface area contributed by atoms with Crippen molar-refractivity contribution in [2.45, 2.75) is 6.54 Å². The van der Waals surface area contributed by atoms with Crippen molar-refractivity contribution in [1.29, 1.82) is 0 Å². The molecule has 1 saturated heterocycles. The molecule has 4 N–H and O–H groups in total. The number of anilines is 1. The number of fused-ring (bicyclic) bond motifs is 1. The highest BCUT2D eigenvalue weighted by atomic mass is 32.1. The van der Waals surface area contributed by atoms with Gasteiger partial charge >= 0.3 is 0 Å². The number of carbonyl (C=O) groups excluding carboxylic acids is 1. The van der Waals surface area contributed by atoms with Crippen LogP contribution in [0, 0.1) is 0 Å². The summed E-state index contributed by atoms with van der Waals surface area (Å²) in [6.07, 6.45) is 0. The van der Waals surface area contributed by atoms with Crippen molar-refractivity contribution >= 4 is 33.1 Å². The van der Waals surface area contributed by atoms with E-state index in [4.69, 9.17) is 16.2 Å². The number of hydrogen-bond donors (Lipinski definition) is 2. The highest BCUT2D eigenvalue weighted by molar-refractivity contribution is 7.22. The van der Waals surface area contributed by atoms with Crippen LogP contribution in [-0.2, 0) is 11.3 Å². The fraction of sp³-hybridized carbons (Fsp3) is 0.278. The van der Waals surface area contributed by atoms with Gasteiger partial charge in [0.15, 0.2) is 11.5 Å². The SMILES string of the molecule is NC(=O)c1nnc(N)c2cc(-c3ccc(CN4CCOCC4)cc3)sc12. The lowest BCUT2D eigenvalue weighted by molar-refractivity contribution is 0.0342. The Kier molecular flexibility index (Phi) is 4.54. The molecule has 8 heteroatoms. The first-order valence-electron chi connectivity index (χ1n) is 8.37. The molecule has 0 unspecified atom stereocenters. The van der Waals surface area contributed by atoms with Gasteiger partial charge < -0.3 is 16.2 Å². The van der Waals surface area contributed by atoms with Gasteiger partial charge in [-0.15, -0.1) is 21.5 Å². The number of rotatable bonds is 4. The summed E-state index contributed by atoms with van der Waals surface area (Å²) in [5, 5.41) is 8.38. The summed E-state index contributed by atoms with van der Waals surface area (Å²) in [5.41, 5.74) is 13.8. The molecule has 134 valence electrons. The predicted octanol–water partition coefficient (Wildman–Crippen LogP) is 1.87. The molecule has 3 aromatic rings. The molecule has 2 aromatic heterocycles. The zero-order valence-corrected chi connectivity index (χ0v) is 15.0. The zero-order chi connectivity index (χ0) is 18.1. The van der Waals surface area contributed by atoms with Crippen LogP contribution in [0.5, 0.6) is 0 Å². The molecule has 1 fully saturated rings. The third-order valence-electron chi connectivity index (χ3n) is 4.46. The summed E-state index contributed by atoms with van der Waals surface area (Å²) in [4.78, 5) is 15.0. The summed E-state index contributed by atoms with van der Waals surface area (Å²) in [6.45, 7) is 4.44. The maximum absolute atomic E-state index is 11.6. The van der Waals surface area contributed by atoms with Gasteiger partial charge in [-0.05, 0) is 17.2 Å². The number of amides is 1. The summed E-state index contributed by atoms with van der Waals surface area (Å²) in [5.74, 6) is -0.298. The molecule has 0 bridgehead atoms. The van der Waals surface area contributed by atoms with E-state index < -0.39 is 5.91 Å². The van der Waals surface area contributed by atoms with Crippen molar-refractivity contribution in [3.63, 3.8) is 0 Å². The molecule has 1 aliphatic rings. The van der Waals surface area contributed by atoms with Gasteiger partial charge in [0.2, 0.25) is 0 Å². The monoisotopic (exact) mass is 369 g/mol. The molecule has 0 aliphatic carbocycles. The molecular formula is C18H19N5O2S. The lowest BCUT2D eigenvalue weighted by Gasteiger charge is -2.26. The number of hydrogen-bond acceptors (Lipinski definition) is 7. The first-order valence-corrected chi connectivity index (χ1v) is 9.18. The molecule has 3 heterocycles. The standard InChI is InChI=1S/C18H19N5O2S/c19-17-13-9-14(26-16(13)15(18(20)24)21-22-17)12-3-1-11(2-4-12)10-23-5-7-25-8-6-23/h1-4,9H,5-8,10H2,(H2,19,22)(H2,20,24). The zero-order valence-electron chi connectivity index (χ0n) is 14.1. The van der Waals surface area contributed by atoms with Gasteiger partial charge in [0.25, 0.3) is 5.91 Å². The Morgan fingerprint density at radius 2 is 1.92 bits per heavy atom. The van der Waals surface area contributed by atoms with Crippen LogP contribution in [0.1, 0.15) is 16.1 Å². The van der Waals surface area contributed by atoms with E-state index in [2.05, 4.69) is 39.4 Å². The highest BCUT2D eigenvalue weighted by Gasteiger charge is 2.16. The second-order valence-electron chi connectivity index (χ2n) is 6.24. The van der Waals surface area contributed by atoms with Gasteiger partial charge in [0, 0.05) is 29.9 Å². The second kappa shape index (κ2) is 6.99. The van der Waals surface area contributed by atoms with E-state index in [1.165, 1.54) is 16.9 Å². The molecule has 4 rings (SSSR count). The van der Waals surface area contributed by atoms with Crippen molar-refractivity contribution in [2.24, 2.45) is 5.73 Å². The lowest BCUT2D eigenvalue weighted by atomic mass is 10.1. The van der Waals surface area contributed by atoms with Crippen molar-refractivity contribution in [1.82, 2.24) is 15.1 Å². The minimum atomic E-state index is -0.600. The number of nitrogens with two attached hydrogens (primary N) is 2. The van der Waals surface area contributed by atoms with Gasteiger partial charge in [0.1, 0.15) is 0 Å². The normalized spacial score (nSPS) is 15.4. The summed E-state index contributed by atoms with van der Waals surface area (Å²) < 4.78 is 6.06. The predicted molar refractivity (Wildman–Crippen MR) is 102 cm³/mol. The number of thiophene rings is 1. The molecule has 1 aromatic carbocycles. The summed E-state index contributed by atoms with van der Waals surface area (Å²) in [6, 6.07) is 10.4. The second-order valence-corrected chi connectivity index (χ2v) is 7.29. The van der Waals surface area contributed by atoms with E-state index in [1.54, 1.807) is 0 Å². The van der Waals surface area contributed by atoms with Crippen molar-refractivity contribution < 1.29 is 9.53 Å². The average Bonchev–Trinajstić information content (AvgIpc) is 3.09. The molecule has 7 nitrogen and oxygen atoms in total. The number of morpholine rings is 1. The fourth-order valence-corrected chi connectivity index (χ4v) is 4.22. The largest absolute Gasteiger partial charge is 0.382 e. The average molecular weight is 369 g/mol. The Hall–Kier alpha value is -2.55. The van der Waals surface area contributed by atoms with Crippen LogP contribution in [0.15, 0.2) is 30.3 Å². The fourth-order valence-electron chi connectivity index (χ4n) is 3.06. The molecular weight excluding hydrogens is 350 g/mol. The lowest BCUT2D eigenvalue weighted by Crippen LogP contribution is -2.35. The highest BCUT2D eigenvalue weighted by Crippen LogP contribution is 2.36. The number of ether oxygens (including phenoxy) is 1. The molecule has 26 heavy (non-hydrogen) atoms. The van der Waals surface area contributed by atoms with Crippen LogP contribution >= 0.6 is 11.3 Å². The number of carbonyl (C=O) groups is 1. The number of nitrogen functional groups attached to an aromatic ring is 1. The minimum absolute atomic E-state index is 0.161. The van der Waals surface area contributed by atoms with Crippen LogP contribution < -0.4 is 11.5 Å². The van der Waals surface area contributed by atoms with E-state index >= 15 is 0 Å². The number of primary amides is 1. The van der Waals surface area contributed by atoms with E-state index in [0.717, 1.165) is 43.3 Å². The summed E-state index contributed by atoms with van der Waals surface area (Å²) >= 11 is 1.45. The van der Waals surface area contributed by atoms with Crippen LogP contribution in [0.2, 0.25) is 0 Å². The Balaban J connectivity index is 1.62. The third-order valence-corrected chi connectivity index (χ3v) is 5.65. The van der Waals surface area contributed by atoms with Crippen LogP contribution in [0.4, 0.5) is 5.82 Å². The maximum atomic E-state index is 11.6. The van der Waals surface area contributed by atoms with E-state index in [1.807, 2.05) is 6.07 Å². The first-order chi connectivity index (χ1) is 12.6. The number of benzene rings is 1. The number of aromatic nitrogens is 2.